The van der Waals surface area contributed by atoms with Gasteiger partial charge in [-0.3, -0.25) is 38.4 Å². The molecule has 0 amide bonds. The SMILES string of the molecule is CC(C)[C@H](N)C(=O)OC(CC(=O)OCc1ccccc1)C(OC(=O)[C@@H](N)C(C)C)C(=O)O.CC[C@H](C)[C@H](N)C(=O)OC(CC(=O)OCc1ccccc1)C(=O)O.CC[C@H](C)[C@H](N)C(=O)OC(CC(=O)OCc1ccccc1)C(OC(=O)[C@@H](N)[C@@H](C)CC)C(=O)O. The first-order valence-electron chi connectivity index (χ1n) is 29.4. The van der Waals surface area contributed by atoms with Crippen molar-refractivity contribution in [1.29, 1.82) is 0 Å². The highest BCUT2D eigenvalue weighted by molar-refractivity contribution is 5.86. The largest absolute Gasteiger partial charge is 0.478 e. The summed E-state index contributed by atoms with van der Waals surface area (Å²) in [5.74, 6) is -13.1. The lowest BCUT2D eigenvalue weighted by Crippen LogP contribution is -2.49. The van der Waals surface area contributed by atoms with Gasteiger partial charge in [0.15, 0.2) is 12.2 Å². The summed E-state index contributed by atoms with van der Waals surface area (Å²) < 4.78 is 40.8. The third kappa shape index (κ3) is 29.8. The Kier molecular flexibility index (Phi) is 37.0. The molecule has 13 atom stereocenters. The van der Waals surface area contributed by atoms with E-state index >= 15 is 0 Å². The highest BCUT2D eigenvalue weighted by Crippen LogP contribution is 2.20. The van der Waals surface area contributed by atoms with Crippen molar-refractivity contribution in [2.45, 2.75) is 188 Å². The molecular weight excluding hydrogens is 1180 g/mol. The Bertz CT molecular complexity index is 2740. The van der Waals surface area contributed by atoms with Crippen LogP contribution in [0, 0.1) is 29.6 Å². The van der Waals surface area contributed by atoms with Gasteiger partial charge in [-0.25, -0.2) is 14.4 Å². The van der Waals surface area contributed by atoms with Crippen molar-refractivity contribution in [2.24, 2.45) is 58.3 Å². The third-order valence-corrected chi connectivity index (χ3v) is 14.1. The van der Waals surface area contributed by atoms with Crippen molar-refractivity contribution in [1.82, 2.24) is 0 Å². The number of aliphatic carboxylic acids is 3. The molecule has 0 saturated heterocycles. The summed E-state index contributed by atoms with van der Waals surface area (Å²) >= 11 is 0. The van der Waals surface area contributed by atoms with Gasteiger partial charge < -0.3 is 81.9 Å². The van der Waals surface area contributed by atoms with E-state index in [0.717, 1.165) is 5.56 Å². The fraction of sp³-hybridized carbons (Fsp3) is 0.540. The van der Waals surface area contributed by atoms with Gasteiger partial charge in [-0.2, -0.15) is 0 Å². The third-order valence-electron chi connectivity index (χ3n) is 14.1. The van der Waals surface area contributed by atoms with E-state index in [4.69, 9.17) is 71.7 Å². The van der Waals surface area contributed by atoms with Gasteiger partial charge in [-0.05, 0) is 46.3 Å². The Morgan fingerprint density at radius 1 is 0.356 bits per heavy atom. The zero-order valence-corrected chi connectivity index (χ0v) is 52.7. The maximum Gasteiger partial charge on any atom is 0.349 e. The molecule has 90 heavy (non-hydrogen) atoms. The molecule has 3 aromatic carbocycles. The van der Waals surface area contributed by atoms with Crippen molar-refractivity contribution in [3.05, 3.63) is 108 Å². The van der Waals surface area contributed by atoms with Gasteiger partial charge in [0.1, 0.15) is 50.0 Å². The van der Waals surface area contributed by atoms with Gasteiger partial charge >= 0.3 is 65.7 Å². The van der Waals surface area contributed by atoms with Crippen LogP contribution in [0.25, 0.3) is 0 Å². The zero-order chi connectivity index (χ0) is 68.4. The Hall–Kier alpha value is -8.37. The van der Waals surface area contributed by atoms with Crippen molar-refractivity contribution in [3.63, 3.8) is 0 Å². The molecule has 0 aliphatic rings. The number of esters is 8. The van der Waals surface area contributed by atoms with Crippen molar-refractivity contribution in [2.75, 3.05) is 0 Å². The summed E-state index contributed by atoms with van der Waals surface area (Å²) in [5, 5.41) is 28.4. The van der Waals surface area contributed by atoms with Gasteiger partial charge in [0.05, 0.1) is 19.3 Å². The lowest BCUT2D eigenvalue weighted by Gasteiger charge is -2.27. The average Bonchev–Trinajstić information content (AvgIpc) is 1.69. The Balaban J connectivity index is 0.000000685. The molecule has 0 aromatic heterocycles. The maximum atomic E-state index is 12.6. The molecule has 0 fully saturated rings. The van der Waals surface area contributed by atoms with E-state index in [2.05, 4.69) is 0 Å². The summed E-state index contributed by atoms with van der Waals surface area (Å²) in [4.78, 5) is 133. The zero-order valence-electron chi connectivity index (χ0n) is 52.7. The Morgan fingerprint density at radius 2 is 0.611 bits per heavy atom. The van der Waals surface area contributed by atoms with Gasteiger partial charge in [0.25, 0.3) is 0 Å². The molecule has 0 spiro atoms. The lowest BCUT2D eigenvalue weighted by atomic mass is 10.00. The van der Waals surface area contributed by atoms with Crippen LogP contribution < -0.4 is 28.7 Å². The standard InChI is InChI=1S/C24H36N2O8.C22H32N2O8.C17H23NO6/c1-5-14(3)19(25)23(30)33-17(12-18(27)32-13-16-10-8-7-9-11-16)21(22(28)29)34-24(31)20(26)15(4)6-2;1-12(2)17(23)21(28)31-15(10-16(25)30-11-14-8-6-5-7-9-14)19(20(26)27)32-22(29)18(24)13(3)4;1-3-11(2)15(18)17(22)24-13(16(20)21)9-14(19)23-10-12-7-5-4-6-8-12/h7-11,14-15,17,19-21H,5-6,12-13,25-26H2,1-4H3,(H,28,29);5-9,12-13,15,17-19H,10-11,23-24H2,1-4H3,(H,26,27);4-8,11,13,15H,3,9-10,18H2,1-2H3,(H,20,21)/t14-,15-,17?,19-,20-,21?;15?,17-,18-,19?;11-,13?,15-/m000/s1. The quantitative estimate of drug-likeness (QED) is 0.0301. The molecule has 3 aromatic rings. The molecule has 27 nitrogen and oxygen atoms in total. The summed E-state index contributed by atoms with van der Waals surface area (Å²) in [7, 11) is 0. The first-order chi connectivity index (χ1) is 42.3. The van der Waals surface area contributed by atoms with Gasteiger partial charge in [-0.1, -0.05) is 179 Å². The molecule has 0 bridgehead atoms. The predicted molar refractivity (Wildman–Crippen MR) is 323 cm³/mol. The van der Waals surface area contributed by atoms with E-state index in [9.17, 15) is 63.0 Å². The normalized spacial score (nSPS) is 15.3. The molecule has 0 radical (unpaired) electrons. The van der Waals surface area contributed by atoms with Crippen LogP contribution in [-0.4, -0.2) is 142 Å². The van der Waals surface area contributed by atoms with Gasteiger partial charge in [-0.15, -0.1) is 0 Å². The van der Waals surface area contributed by atoms with Crippen LogP contribution in [0.15, 0.2) is 91.0 Å². The first-order valence-corrected chi connectivity index (χ1v) is 29.4. The first kappa shape index (κ1) is 79.6. The highest BCUT2D eigenvalue weighted by atomic mass is 16.6. The number of hydrogen-bond acceptors (Lipinski definition) is 24. The molecule has 5 unspecified atom stereocenters. The second kappa shape index (κ2) is 41.8. The predicted octanol–water partition coefficient (Wildman–Crippen LogP) is 4.26. The molecule has 3 rings (SSSR count). The summed E-state index contributed by atoms with van der Waals surface area (Å²) in [6, 6.07) is 21.3. The van der Waals surface area contributed by atoms with E-state index in [-0.39, 0.29) is 49.4 Å². The Morgan fingerprint density at radius 3 is 0.878 bits per heavy atom. The van der Waals surface area contributed by atoms with Crippen LogP contribution in [0.4, 0.5) is 0 Å². The number of hydrogen-bond donors (Lipinski definition) is 8. The van der Waals surface area contributed by atoms with Gasteiger partial charge in [0, 0.05) is 0 Å². The van der Waals surface area contributed by atoms with E-state index in [0.29, 0.717) is 30.4 Å². The minimum Gasteiger partial charge on any atom is -0.478 e. The highest BCUT2D eigenvalue weighted by Gasteiger charge is 2.42. The van der Waals surface area contributed by atoms with E-state index in [1.807, 2.05) is 26.8 Å². The van der Waals surface area contributed by atoms with E-state index < -0.39 is 146 Å². The molecule has 27 heteroatoms. The van der Waals surface area contributed by atoms with Gasteiger partial charge in [0.2, 0.25) is 18.3 Å². The fourth-order valence-electron chi connectivity index (χ4n) is 7.13. The lowest BCUT2D eigenvalue weighted by molar-refractivity contribution is -0.184. The molecule has 0 saturated carbocycles. The second-order valence-corrected chi connectivity index (χ2v) is 21.9. The Labute approximate surface area is 524 Å². The minimum absolute atomic E-state index is 0.0202. The minimum atomic E-state index is -1.97. The second-order valence-electron chi connectivity index (χ2n) is 21.9. The fourth-order valence-corrected chi connectivity index (χ4v) is 7.13. The van der Waals surface area contributed by atoms with Crippen LogP contribution >= 0.6 is 0 Å². The molecule has 13 N–H and O–H groups in total. The topological polar surface area (TPSA) is 452 Å². The molecule has 500 valence electrons. The summed E-state index contributed by atoms with van der Waals surface area (Å²) in [6.07, 6.45) is -8.99. The molecular formula is C63H91N5O22. The van der Waals surface area contributed by atoms with Crippen LogP contribution in [0.3, 0.4) is 0 Å². The van der Waals surface area contributed by atoms with E-state index in [1.165, 1.54) is 0 Å². The van der Waals surface area contributed by atoms with Crippen molar-refractivity contribution in [3.8, 4) is 0 Å². The molecule has 0 heterocycles. The maximum absolute atomic E-state index is 12.6. The number of carbonyl (C=O) groups is 11. The monoisotopic (exact) mass is 1270 g/mol. The summed E-state index contributed by atoms with van der Waals surface area (Å²) in [5.41, 5.74) is 31.1. The number of carboxylic acids is 3. The average molecular weight is 1270 g/mol. The number of carboxylic acid groups (broad SMARTS) is 3. The number of rotatable bonds is 35. The molecule has 0 aliphatic heterocycles. The van der Waals surface area contributed by atoms with Crippen LogP contribution in [-0.2, 0) is 110 Å². The van der Waals surface area contributed by atoms with Crippen LogP contribution in [0.5, 0.6) is 0 Å². The number of carbonyl (C=O) groups excluding carboxylic acids is 8. The van der Waals surface area contributed by atoms with Crippen molar-refractivity contribution >= 4 is 65.7 Å². The number of ether oxygens (including phenoxy) is 8. The van der Waals surface area contributed by atoms with Crippen LogP contribution in [0.1, 0.15) is 124 Å². The summed E-state index contributed by atoms with van der Waals surface area (Å²) in [6.45, 7) is 17.2. The molecule has 0 aliphatic carbocycles. The number of nitrogens with two attached hydrogens (primary N) is 5. The number of benzene rings is 3. The van der Waals surface area contributed by atoms with Crippen LogP contribution in [0.2, 0.25) is 0 Å². The van der Waals surface area contributed by atoms with Crippen molar-refractivity contribution < 1.29 is 106 Å². The smallest absolute Gasteiger partial charge is 0.349 e. The van der Waals surface area contributed by atoms with E-state index in [1.54, 1.807) is 133 Å².